The summed E-state index contributed by atoms with van der Waals surface area (Å²) in [6.45, 7) is 4.76. The van der Waals surface area contributed by atoms with Gasteiger partial charge in [0.2, 0.25) is 0 Å². The Balaban J connectivity index is 2.23. The molecular weight excluding hydrogens is 415 g/mol. The minimum Gasteiger partial charge on any atom is -0.490 e. The van der Waals surface area contributed by atoms with Crippen molar-refractivity contribution in [1.82, 2.24) is 5.32 Å². The van der Waals surface area contributed by atoms with Crippen LogP contribution in [0.1, 0.15) is 25.0 Å². The number of rotatable bonds is 9. The van der Waals surface area contributed by atoms with Crippen LogP contribution in [0.2, 0.25) is 10.0 Å². The molecule has 0 aromatic heterocycles. The number of nitrogens with one attached hydrogen (secondary N) is 1. The summed E-state index contributed by atoms with van der Waals surface area (Å²) in [5.41, 5.74) is 1.50. The smallest absolute Gasteiger partial charge is 0.273 e. The van der Waals surface area contributed by atoms with Crippen LogP contribution in [0.25, 0.3) is 0 Å². The van der Waals surface area contributed by atoms with E-state index in [4.69, 9.17) is 37.5 Å². The van der Waals surface area contributed by atoms with Gasteiger partial charge < -0.3 is 19.6 Å². The molecule has 0 saturated heterocycles. The minimum atomic E-state index is -0.364. The van der Waals surface area contributed by atoms with Gasteiger partial charge in [-0.2, -0.15) is 0 Å². The van der Waals surface area contributed by atoms with Gasteiger partial charge in [-0.15, -0.1) is 0 Å². The molecule has 2 rings (SSSR count). The van der Waals surface area contributed by atoms with Crippen molar-refractivity contribution in [2.45, 2.75) is 20.5 Å². The Labute approximate surface area is 180 Å². The van der Waals surface area contributed by atoms with Crippen molar-refractivity contribution >= 4 is 34.8 Å². The van der Waals surface area contributed by atoms with Crippen molar-refractivity contribution in [3.8, 4) is 11.5 Å². The topological polar surface area (TPSA) is 69.2 Å². The standard InChI is InChI=1S/C21H24Cl2N2O4/c1-13(2)11-29-20-17(22)9-15(10-18(20)23)28-12-14-7-5-6-8-16(14)19(25-27-4)21(26)24-3/h5-10,13H,11-12H2,1-4H3,(H,24,26)/b25-19+. The van der Waals surface area contributed by atoms with Crippen LogP contribution in [0, 0.1) is 5.92 Å². The fraction of sp³-hybridized carbons (Fsp3) is 0.333. The van der Waals surface area contributed by atoms with E-state index in [2.05, 4.69) is 10.5 Å². The van der Waals surface area contributed by atoms with Gasteiger partial charge in [-0.1, -0.05) is 66.5 Å². The van der Waals surface area contributed by atoms with Crippen LogP contribution in [-0.4, -0.2) is 32.4 Å². The molecule has 2 aromatic rings. The van der Waals surface area contributed by atoms with E-state index in [-0.39, 0.29) is 18.2 Å². The average molecular weight is 439 g/mol. The Hall–Kier alpha value is -2.44. The van der Waals surface area contributed by atoms with Crippen LogP contribution < -0.4 is 14.8 Å². The summed E-state index contributed by atoms with van der Waals surface area (Å²) in [5.74, 6) is 0.899. The number of amides is 1. The number of halogens is 2. The molecule has 0 heterocycles. The molecule has 6 nitrogen and oxygen atoms in total. The number of carbonyl (C=O) groups is 1. The van der Waals surface area contributed by atoms with E-state index in [0.717, 1.165) is 5.56 Å². The van der Waals surface area contributed by atoms with E-state index in [1.165, 1.54) is 14.2 Å². The average Bonchev–Trinajstić information content (AvgIpc) is 2.69. The maximum absolute atomic E-state index is 12.2. The molecule has 0 aliphatic heterocycles. The molecule has 0 radical (unpaired) electrons. The maximum atomic E-state index is 12.2. The number of benzene rings is 2. The predicted octanol–water partition coefficient (Wildman–Crippen LogP) is 4.70. The molecule has 0 aliphatic rings. The SMILES string of the molecule is CNC(=O)/C(=N/OC)c1ccccc1COc1cc(Cl)c(OCC(C)C)c(Cl)c1. The van der Waals surface area contributed by atoms with Gasteiger partial charge in [0, 0.05) is 24.7 Å². The molecule has 0 spiro atoms. The van der Waals surface area contributed by atoms with Crippen molar-refractivity contribution in [3.05, 3.63) is 57.6 Å². The van der Waals surface area contributed by atoms with Gasteiger partial charge >= 0.3 is 0 Å². The van der Waals surface area contributed by atoms with Crippen molar-refractivity contribution in [3.63, 3.8) is 0 Å². The number of hydrogen-bond donors (Lipinski definition) is 1. The first-order valence-electron chi connectivity index (χ1n) is 9.03. The molecule has 1 N–H and O–H groups in total. The molecule has 0 unspecified atom stereocenters. The van der Waals surface area contributed by atoms with E-state index >= 15 is 0 Å². The largest absolute Gasteiger partial charge is 0.490 e. The van der Waals surface area contributed by atoms with Gasteiger partial charge in [0.05, 0.1) is 16.7 Å². The van der Waals surface area contributed by atoms with Crippen LogP contribution in [0.5, 0.6) is 11.5 Å². The van der Waals surface area contributed by atoms with Crippen LogP contribution in [-0.2, 0) is 16.2 Å². The lowest BCUT2D eigenvalue weighted by Crippen LogP contribution is -2.29. The third-order valence-electron chi connectivity index (χ3n) is 3.82. The van der Waals surface area contributed by atoms with Crippen molar-refractivity contribution in [1.29, 1.82) is 0 Å². The lowest BCUT2D eigenvalue weighted by Gasteiger charge is -2.15. The van der Waals surface area contributed by atoms with Crippen molar-refractivity contribution in [2.75, 3.05) is 20.8 Å². The summed E-state index contributed by atoms with van der Waals surface area (Å²) >= 11 is 12.6. The van der Waals surface area contributed by atoms with Gasteiger partial charge in [0.25, 0.3) is 5.91 Å². The van der Waals surface area contributed by atoms with Gasteiger partial charge in [-0.3, -0.25) is 4.79 Å². The van der Waals surface area contributed by atoms with Crippen molar-refractivity contribution in [2.24, 2.45) is 11.1 Å². The zero-order valence-corrected chi connectivity index (χ0v) is 18.3. The number of carbonyl (C=O) groups excluding carboxylic acids is 1. The zero-order valence-electron chi connectivity index (χ0n) is 16.8. The summed E-state index contributed by atoms with van der Waals surface area (Å²) in [7, 11) is 2.91. The second-order valence-electron chi connectivity index (χ2n) is 6.57. The number of hydrogen-bond acceptors (Lipinski definition) is 5. The summed E-state index contributed by atoms with van der Waals surface area (Å²) in [6, 6.07) is 10.6. The first kappa shape index (κ1) is 22.8. The van der Waals surface area contributed by atoms with E-state index in [1.807, 2.05) is 32.0 Å². The highest BCUT2D eigenvalue weighted by molar-refractivity contribution is 6.45. The van der Waals surface area contributed by atoms with Crippen LogP contribution in [0.3, 0.4) is 0 Å². The van der Waals surface area contributed by atoms with Crippen molar-refractivity contribution < 1.29 is 19.1 Å². The Kier molecular flexibility index (Phi) is 8.61. The quantitative estimate of drug-likeness (QED) is 0.454. The molecule has 0 atom stereocenters. The molecule has 0 saturated carbocycles. The minimum absolute atomic E-state index is 0.155. The molecule has 2 aromatic carbocycles. The maximum Gasteiger partial charge on any atom is 0.273 e. The second kappa shape index (κ2) is 10.9. The highest BCUT2D eigenvalue weighted by Crippen LogP contribution is 2.37. The predicted molar refractivity (Wildman–Crippen MR) is 115 cm³/mol. The van der Waals surface area contributed by atoms with Crippen LogP contribution in [0.4, 0.5) is 0 Å². The number of likely N-dealkylation sites (N-methyl/N-ethyl adjacent to an activating group) is 1. The molecule has 0 aliphatic carbocycles. The Morgan fingerprint density at radius 2 is 1.79 bits per heavy atom. The van der Waals surface area contributed by atoms with Gasteiger partial charge in [-0.05, 0) is 11.5 Å². The van der Waals surface area contributed by atoms with Gasteiger partial charge in [0.1, 0.15) is 19.5 Å². The van der Waals surface area contributed by atoms with Gasteiger partial charge in [0.15, 0.2) is 11.5 Å². The lowest BCUT2D eigenvalue weighted by molar-refractivity contribution is -0.114. The Bertz CT molecular complexity index is 862. The molecule has 1 amide bonds. The highest BCUT2D eigenvalue weighted by Gasteiger charge is 2.18. The van der Waals surface area contributed by atoms with Gasteiger partial charge in [-0.25, -0.2) is 0 Å². The highest BCUT2D eigenvalue weighted by atomic mass is 35.5. The molecular formula is C21H24Cl2N2O4. The fourth-order valence-electron chi connectivity index (χ4n) is 2.47. The van der Waals surface area contributed by atoms with E-state index < -0.39 is 0 Å². The first-order chi connectivity index (χ1) is 13.9. The summed E-state index contributed by atoms with van der Waals surface area (Å²) < 4.78 is 11.5. The third-order valence-corrected chi connectivity index (χ3v) is 4.39. The molecule has 29 heavy (non-hydrogen) atoms. The lowest BCUT2D eigenvalue weighted by atomic mass is 10.0. The fourth-order valence-corrected chi connectivity index (χ4v) is 3.04. The summed E-state index contributed by atoms with van der Waals surface area (Å²) in [6.07, 6.45) is 0. The molecule has 8 heteroatoms. The monoisotopic (exact) mass is 438 g/mol. The normalized spacial score (nSPS) is 11.3. The first-order valence-corrected chi connectivity index (χ1v) is 9.79. The molecule has 156 valence electrons. The Morgan fingerprint density at radius 3 is 2.38 bits per heavy atom. The molecule has 0 fully saturated rings. The third kappa shape index (κ3) is 6.27. The van der Waals surface area contributed by atoms with E-state index in [9.17, 15) is 4.79 Å². The summed E-state index contributed by atoms with van der Waals surface area (Å²) in [4.78, 5) is 17.0. The molecule has 0 bridgehead atoms. The number of oxime groups is 1. The number of nitrogens with zero attached hydrogens (tertiary/aromatic N) is 1. The van der Waals surface area contributed by atoms with Crippen LogP contribution in [0.15, 0.2) is 41.6 Å². The zero-order chi connectivity index (χ0) is 21.4. The second-order valence-corrected chi connectivity index (χ2v) is 7.38. The Morgan fingerprint density at radius 1 is 1.14 bits per heavy atom. The van der Waals surface area contributed by atoms with E-state index in [1.54, 1.807) is 18.2 Å². The van der Waals surface area contributed by atoms with Crippen LogP contribution >= 0.6 is 23.2 Å². The number of ether oxygens (including phenoxy) is 2. The summed E-state index contributed by atoms with van der Waals surface area (Å²) in [5, 5.41) is 7.13. The van der Waals surface area contributed by atoms with E-state index in [0.29, 0.717) is 39.6 Å².